The van der Waals surface area contributed by atoms with Crippen molar-refractivity contribution in [3.8, 4) is 0 Å². The van der Waals surface area contributed by atoms with Crippen molar-refractivity contribution in [2.24, 2.45) is 11.1 Å². The predicted octanol–water partition coefficient (Wildman–Crippen LogP) is 2.97. The number of nitrogens with two attached hydrogens (primary N) is 1. The zero-order chi connectivity index (χ0) is 10.9. The highest BCUT2D eigenvalue weighted by Crippen LogP contribution is 2.42. The minimum Gasteiger partial charge on any atom is -0.330 e. The van der Waals surface area contributed by atoms with Crippen LogP contribution < -0.4 is 5.73 Å². The van der Waals surface area contributed by atoms with Crippen LogP contribution in [0.2, 0.25) is 0 Å². The Hall–Kier alpha value is -0.820. The molecule has 0 radical (unpaired) electrons. The lowest BCUT2D eigenvalue weighted by Crippen LogP contribution is -2.39. The average molecular weight is 203 g/mol. The summed E-state index contributed by atoms with van der Waals surface area (Å²) in [5.41, 5.74) is 10.6. The Labute approximate surface area is 92.7 Å². The second-order valence-corrected chi connectivity index (χ2v) is 5.15. The second-order valence-electron chi connectivity index (χ2n) is 5.15. The van der Waals surface area contributed by atoms with E-state index in [1.54, 1.807) is 0 Å². The van der Waals surface area contributed by atoms with Crippen molar-refractivity contribution >= 4 is 0 Å². The fraction of sp³-hybridized carbons (Fsp3) is 0.571. The predicted molar refractivity (Wildman–Crippen MR) is 65.0 cm³/mol. The van der Waals surface area contributed by atoms with Gasteiger partial charge in [0.2, 0.25) is 0 Å². The number of benzene rings is 1. The molecule has 2 N–H and O–H groups in total. The lowest BCUT2D eigenvalue weighted by atomic mass is 9.65. The molecule has 0 heterocycles. The first-order valence-corrected chi connectivity index (χ1v) is 5.91. The van der Waals surface area contributed by atoms with Gasteiger partial charge in [0.15, 0.2) is 0 Å². The van der Waals surface area contributed by atoms with Gasteiger partial charge in [-0.1, -0.05) is 24.6 Å². The molecule has 1 fully saturated rings. The first-order chi connectivity index (χ1) is 7.15. The summed E-state index contributed by atoms with van der Waals surface area (Å²) in [6, 6.07) is 6.82. The molecule has 0 unspecified atom stereocenters. The van der Waals surface area contributed by atoms with Crippen LogP contribution in [0.4, 0.5) is 0 Å². The number of hydrogen-bond acceptors (Lipinski definition) is 1. The van der Waals surface area contributed by atoms with Gasteiger partial charge in [-0.05, 0) is 61.8 Å². The van der Waals surface area contributed by atoms with Gasteiger partial charge >= 0.3 is 0 Å². The first kappa shape index (κ1) is 10.7. The Morgan fingerprint density at radius 3 is 2.40 bits per heavy atom. The summed E-state index contributed by atoms with van der Waals surface area (Å²) in [7, 11) is 0. The van der Waals surface area contributed by atoms with Gasteiger partial charge in [0.05, 0.1) is 0 Å². The molecule has 0 spiro atoms. The highest BCUT2D eigenvalue weighted by atomic mass is 14.6. The molecule has 1 aromatic rings. The second kappa shape index (κ2) is 3.97. The van der Waals surface area contributed by atoms with Crippen LogP contribution in [0.3, 0.4) is 0 Å². The minimum atomic E-state index is 0.432. The quantitative estimate of drug-likeness (QED) is 0.803. The molecule has 1 saturated carbocycles. The normalized spacial score (nSPS) is 18.6. The van der Waals surface area contributed by atoms with Crippen LogP contribution >= 0.6 is 0 Å². The fourth-order valence-electron chi connectivity index (χ4n) is 2.48. The third-order valence-electron chi connectivity index (χ3n) is 4.00. The van der Waals surface area contributed by atoms with Gasteiger partial charge in [0.25, 0.3) is 0 Å². The van der Waals surface area contributed by atoms with Crippen LogP contribution in [-0.4, -0.2) is 6.54 Å². The molecule has 1 aliphatic rings. The van der Waals surface area contributed by atoms with Gasteiger partial charge in [-0.25, -0.2) is 0 Å². The van der Waals surface area contributed by atoms with E-state index in [4.69, 9.17) is 5.73 Å². The molecule has 0 saturated heterocycles. The summed E-state index contributed by atoms with van der Waals surface area (Å²) in [6.45, 7) is 5.20. The molecule has 0 aliphatic heterocycles. The molecule has 15 heavy (non-hydrogen) atoms. The van der Waals surface area contributed by atoms with Gasteiger partial charge in [0.1, 0.15) is 0 Å². The van der Waals surface area contributed by atoms with E-state index < -0.39 is 0 Å². The van der Waals surface area contributed by atoms with Crippen molar-refractivity contribution in [3.05, 3.63) is 34.9 Å². The maximum absolute atomic E-state index is 5.88. The van der Waals surface area contributed by atoms with Crippen molar-refractivity contribution in [1.82, 2.24) is 0 Å². The Bertz CT molecular complexity index is 345. The van der Waals surface area contributed by atoms with Gasteiger partial charge in [-0.3, -0.25) is 0 Å². The van der Waals surface area contributed by atoms with Crippen molar-refractivity contribution in [2.75, 3.05) is 6.54 Å². The fourth-order valence-corrected chi connectivity index (χ4v) is 2.48. The molecule has 1 aliphatic carbocycles. The summed E-state index contributed by atoms with van der Waals surface area (Å²) in [6.07, 6.45) is 5.17. The molecule has 0 bridgehead atoms. The van der Waals surface area contributed by atoms with E-state index >= 15 is 0 Å². The molecule has 0 atom stereocenters. The summed E-state index contributed by atoms with van der Waals surface area (Å²) in [5, 5.41) is 0. The van der Waals surface area contributed by atoms with Crippen LogP contribution in [0.5, 0.6) is 0 Å². The van der Waals surface area contributed by atoms with Crippen molar-refractivity contribution < 1.29 is 0 Å². The van der Waals surface area contributed by atoms with Crippen LogP contribution in [-0.2, 0) is 6.42 Å². The number of aryl methyl sites for hydroxylation is 2. The lowest BCUT2D eigenvalue weighted by molar-refractivity contribution is 0.145. The third-order valence-corrected chi connectivity index (χ3v) is 4.00. The first-order valence-electron chi connectivity index (χ1n) is 5.91. The molecule has 0 aromatic heterocycles. The maximum Gasteiger partial charge on any atom is -0.00173 e. The van der Waals surface area contributed by atoms with E-state index in [1.165, 1.54) is 42.4 Å². The Morgan fingerprint density at radius 2 is 1.93 bits per heavy atom. The Kier molecular flexibility index (Phi) is 2.83. The molecule has 1 heteroatoms. The zero-order valence-corrected chi connectivity index (χ0v) is 9.84. The van der Waals surface area contributed by atoms with Crippen LogP contribution in [0.15, 0.2) is 18.2 Å². The van der Waals surface area contributed by atoms with Crippen LogP contribution in [0, 0.1) is 19.3 Å². The van der Waals surface area contributed by atoms with E-state index in [-0.39, 0.29) is 0 Å². The van der Waals surface area contributed by atoms with Crippen LogP contribution in [0.1, 0.15) is 36.0 Å². The highest BCUT2D eigenvalue weighted by molar-refractivity contribution is 5.30. The Morgan fingerprint density at radius 1 is 1.20 bits per heavy atom. The molecule has 1 aromatic carbocycles. The van der Waals surface area contributed by atoms with Gasteiger partial charge in [0, 0.05) is 0 Å². The molecule has 82 valence electrons. The summed E-state index contributed by atoms with van der Waals surface area (Å²) < 4.78 is 0. The van der Waals surface area contributed by atoms with Gasteiger partial charge in [-0.2, -0.15) is 0 Å². The third kappa shape index (κ3) is 2.07. The zero-order valence-electron chi connectivity index (χ0n) is 9.84. The lowest BCUT2D eigenvalue weighted by Gasteiger charge is -2.41. The number of rotatable bonds is 3. The maximum atomic E-state index is 5.88. The summed E-state index contributed by atoms with van der Waals surface area (Å²) >= 11 is 0. The molecular weight excluding hydrogens is 182 g/mol. The SMILES string of the molecule is Cc1ccc(CC2(CN)CCC2)cc1C. The summed E-state index contributed by atoms with van der Waals surface area (Å²) in [4.78, 5) is 0. The number of hydrogen-bond donors (Lipinski definition) is 1. The van der Waals surface area contributed by atoms with Gasteiger partial charge in [-0.15, -0.1) is 0 Å². The topological polar surface area (TPSA) is 26.0 Å². The molecule has 1 nitrogen and oxygen atoms in total. The largest absolute Gasteiger partial charge is 0.330 e. The van der Waals surface area contributed by atoms with Crippen molar-refractivity contribution in [3.63, 3.8) is 0 Å². The standard InChI is InChI=1S/C14H21N/c1-11-4-5-13(8-12(11)2)9-14(10-15)6-3-7-14/h4-5,8H,3,6-7,9-10,15H2,1-2H3. The van der Waals surface area contributed by atoms with Crippen LogP contribution in [0.25, 0.3) is 0 Å². The van der Waals surface area contributed by atoms with Crippen molar-refractivity contribution in [1.29, 1.82) is 0 Å². The summed E-state index contributed by atoms with van der Waals surface area (Å²) in [5.74, 6) is 0. The monoisotopic (exact) mass is 203 g/mol. The smallest absolute Gasteiger partial charge is 0.00173 e. The molecular formula is C14H21N. The molecule has 2 rings (SSSR count). The van der Waals surface area contributed by atoms with E-state index in [0.717, 1.165) is 6.54 Å². The minimum absolute atomic E-state index is 0.432. The van der Waals surface area contributed by atoms with Gasteiger partial charge < -0.3 is 5.73 Å². The van der Waals surface area contributed by atoms with E-state index in [1.807, 2.05) is 0 Å². The average Bonchev–Trinajstić information content (AvgIpc) is 2.17. The molecule has 0 amide bonds. The Balaban J connectivity index is 2.13. The van der Waals surface area contributed by atoms with E-state index in [2.05, 4.69) is 32.0 Å². The van der Waals surface area contributed by atoms with Crippen molar-refractivity contribution in [2.45, 2.75) is 39.5 Å². The highest BCUT2D eigenvalue weighted by Gasteiger charge is 2.35. The van der Waals surface area contributed by atoms with E-state index in [9.17, 15) is 0 Å². The van der Waals surface area contributed by atoms with E-state index in [0.29, 0.717) is 5.41 Å².